The molecule has 0 saturated heterocycles. The molecule has 0 spiro atoms. The molecule has 0 bridgehead atoms. The fourth-order valence-corrected chi connectivity index (χ4v) is 4.10. The number of hydrogen-bond donors (Lipinski definition) is 1. The molecule has 3 heterocycles. The van der Waals surface area contributed by atoms with Crippen LogP contribution in [0.4, 0.5) is 0 Å². The highest BCUT2D eigenvalue weighted by molar-refractivity contribution is 7.13. The van der Waals surface area contributed by atoms with Crippen LogP contribution in [0.2, 0.25) is 0 Å². The third-order valence-electron chi connectivity index (χ3n) is 3.91. The van der Waals surface area contributed by atoms with E-state index in [0.717, 1.165) is 4.88 Å². The average Bonchev–Trinajstić information content (AvgIpc) is 3.39. The van der Waals surface area contributed by atoms with Crippen molar-refractivity contribution in [3.63, 3.8) is 0 Å². The molecule has 1 N–H and O–H groups in total. The van der Waals surface area contributed by atoms with Gasteiger partial charge in [-0.2, -0.15) is 4.98 Å². The van der Waals surface area contributed by atoms with Crippen molar-refractivity contribution in [3.8, 4) is 10.7 Å². The Morgan fingerprint density at radius 2 is 1.84 bits per heavy atom. The second kappa shape index (κ2) is 7.31. The van der Waals surface area contributed by atoms with Gasteiger partial charge in [0.2, 0.25) is 11.7 Å². The zero-order valence-corrected chi connectivity index (χ0v) is 15.3. The van der Waals surface area contributed by atoms with Crippen molar-refractivity contribution in [2.75, 3.05) is 0 Å². The Hall–Kier alpha value is -2.28. The summed E-state index contributed by atoms with van der Waals surface area (Å²) in [7, 11) is 0. The molecule has 0 amide bonds. The Morgan fingerprint density at radius 1 is 1.04 bits per heavy atom. The molecule has 6 heteroatoms. The van der Waals surface area contributed by atoms with Crippen LogP contribution in [0.1, 0.15) is 27.9 Å². The average molecular weight is 367 g/mol. The fourth-order valence-electron chi connectivity index (χ4n) is 2.62. The largest absolute Gasteiger partial charge is 0.338 e. The normalized spacial score (nSPS) is 12.4. The fraction of sp³-hybridized carbons (Fsp3) is 0.158. The highest BCUT2D eigenvalue weighted by Crippen LogP contribution is 2.27. The minimum absolute atomic E-state index is 0.109. The van der Waals surface area contributed by atoms with Gasteiger partial charge < -0.3 is 4.52 Å². The Kier molecular flexibility index (Phi) is 4.74. The minimum atomic E-state index is 0.109. The van der Waals surface area contributed by atoms with Gasteiger partial charge in [0, 0.05) is 4.88 Å². The molecule has 0 saturated carbocycles. The van der Waals surface area contributed by atoms with Gasteiger partial charge in [0.25, 0.3) is 0 Å². The molecule has 1 aromatic carbocycles. The topological polar surface area (TPSA) is 51.0 Å². The highest BCUT2D eigenvalue weighted by atomic mass is 32.1. The Labute approximate surface area is 154 Å². The van der Waals surface area contributed by atoms with Gasteiger partial charge in [-0.05, 0) is 35.4 Å². The maximum Gasteiger partial charge on any atom is 0.240 e. The van der Waals surface area contributed by atoms with Gasteiger partial charge in [-0.1, -0.05) is 47.1 Å². The Bertz CT molecular complexity index is 912. The van der Waals surface area contributed by atoms with Crippen LogP contribution >= 0.6 is 22.7 Å². The van der Waals surface area contributed by atoms with E-state index in [-0.39, 0.29) is 6.04 Å². The monoisotopic (exact) mass is 367 g/mol. The van der Waals surface area contributed by atoms with E-state index >= 15 is 0 Å². The number of aryl methyl sites for hydroxylation is 1. The van der Waals surface area contributed by atoms with E-state index in [9.17, 15) is 0 Å². The van der Waals surface area contributed by atoms with Crippen molar-refractivity contribution < 1.29 is 4.52 Å². The molecule has 4 nitrogen and oxygen atoms in total. The summed E-state index contributed by atoms with van der Waals surface area (Å²) in [6, 6.07) is 16.9. The Morgan fingerprint density at radius 3 is 2.56 bits per heavy atom. The number of nitrogens with zero attached hydrogens (tertiary/aromatic N) is 2. The van der Waals surface area contributed by atoms with Crippen LogP contribution in [0.25, 0.3) is 10.7 Å². The molecule has 4 aromatic rings. The predicted octanol–water partition coefficient (Wildman–Crippen LogP) is 5.05. The predicted molar refractivity (Wildman–Crippen MR) is 102 cm³/mol. The second-order valence-corrected chi connectivity index (χ2v) is 7.66. The van der Waals surface area contributed by atoms with E-state index in [4.69, 9.17) is 4.52 Å². The van der Waals surface area contributed by atoms with Gasteiger partial charge >= 0.3 is 0 Å². The first kappa shape index (κ1) is 16.2. The first-order valence-corrected chi connectivity index (χ1v) is 9.75. The first-order chi connectivity index (χ1) is 12.3. The summed E-state index contributed by atoms with van der Waals surface area (Å²) in [6.45, 7) is 2.62. The molecular weight excluding hydrogens is 350 g/mol. The van der Waals surface area contributed by atoms with Crippen LogP contribution in [0.15, 0.2) is 63.8 Å². The van der Waals surface area contributed by atoms with Gasteiger partial charge in [0.1, 0.15) is 0 Å². The van der Waals surface area contributed by atoms with E-state index in [1.54, 1.807) is 22.7 Å². The lowest BCUT2D eigenvalue weighted by Crippen LogP contribution is -2.21. The SMILES string of the molecule is Cc1ccc([C@H](NCc2nc(-c3cccs3)no2)c2cccs2)cc1. The molecule has 0 aliphatic carbocycles. The van der Waals surface area contributed by atoms with E-state index in [1.165, 1.54) is 16.0 Å². The maximum absolute atomic E-state index is 5.40. The van der Waals surface area contributed by atoms with Crippen molar-refractivity contribution in [1.29, 1.82) is 0 Å². The first-order valence-electron chi connectivity index (χ1n) is 7.99. The molecule has 0 aliphatic rings. The molecule has 0 unspecified atom stereocenters. The van der Waals surface area contributed by atoms with Gasteiger partial charge in [-0.15, -0.1) is 22.7 Å². The number of hydrogen-bond acceptors (Lipinski definition) is 6. The van der Waals surface area contributed by atoms with E-state index in [0.29, 0.717) is 18.3 Å². The lowest BCUT2D eigenvalue weighted by atomic mass is 10.0. The molecule has 0 aliphatic heterocycles. The standard InChI is InChI=1S/C19H17N3OS2/c1-13-6-8-14(9-7-13)18(15-4-2-10-24-15)20-12-17-21-19(22-23-17)16-5-3-11-25-16/h2-11,18,20H,12H2,1H3/t18-/m0/s1. The van der Waals surface area contributed by atoms with Gasteiger partial charge in [-0.3, -0.25) is 5.32 Å². The molecule has 0 radical (unpaired) electrons. The lowest BCUT2D eigenvalue weighted by molar-refractivity contribution is 0.363. The molecule has 126 valence electrons. The van der Waals surface area contributed by atoms with E-state index < -0.39 is 0 Å². The van der Waals surface area contributed by atoms with E-state index in [2.05, 4.69) is 64.2 Å². The highest BCUT2D eigenvalue weighted by Gasteiger charge is 2.17. The summed E-state index contributed by atoms with van der Waals surface area (Å²) in [5.41, 5.74) is 2.48. The molecule has 0 fully saturated rings. The summed E-state index contributed by atoms with van der Waals surface area (Å²) in [4.78, 5) is 6.77. The number of aromatic nitrogens is 2. The number of benzene rings is 1. The van der Waals surface area contributed by atoms with Crippen LogP contribution in [0.3, 0.4) is 0 Å². The summed E-state index contributed by atoms with van der Waals surface area (Å²) >= 11 is 3.35. The maximum atomic E-state index is 5.40. The van der Waals surface area contributed by atoms with Crippen molar-refractivity contribution in [1.82, 2.24) is 15.5 Å². The zero-order valence-electron chi connectivity index (χ0n) is 13.7. The third-order valence-corrected chi connectivity index (χ3v) is 5.71. The quantitative estimate of drug-likeness (QED) is 0.518. The van der Waals surface area contributed by atoms with Gasteiger partial charge in [-0.25, -0.2) is 0 Å². The molecular formula is C19H17N3OS2. The molecule has 4 rings (SSSR count). The summed E-state index contributed by atoms with van der Waals surface area (Å²) in [6.07, 6.45) is 0. The smallest absolute Gasteiger partial charge is 0.240 e. The van der Waals surface area contributed by atoms with Crippen molar-refractivity contribution in [2.24, 2.45) is 0 Å². The second-order valence-electron chi connectivity index (χ2n) is 5.73. The van der Waals surface area contributed by atoms with E-state index in [1.807, 2.05) is 17.5 Å². The van der Waals surface area contributed by atoms with Gasteiger partial charge in [0.05, 0.1) is 17.5 Å². The summed E-state index contributed by atoms with van der Waals surface area (Å²) in [5, 5.41) is 11.7. The summed E-state index contributed by atoms with van der Waals surface area (Å²) < 4.78 is 5.40. The Balaban J connectivity index is 1.52. The number of nitrogens with one attached hydrogen (secondary N) is 1. The third kappa shape index (κ3) is 3.71. The molecule has 3 aromatic heterocycles. The van der Waals surface area contributed by atoms with Crippen molar-refractivity contribution >= 4 is 22.7 Å². The van der Waals surface area contributed by atoms with Crippen molar-refractivity contribution in [3.05, 3.63) is 81.2 Å². The summed E-state index contributed by atoms with van der Waals surface area (Å²) in [5.74, 6) is 1.24. The number of thiophene rings is 2. The molecule has 1 atom stereocenters. The zero-order chi connectivity index (χ0) is 17.1. The molecule has 25 heavy (non-hydrogen) atoms. The minimum Gasteiger partial charge on any atom is -0.338 e. The van der Waals surface area contributed by atoms with Crippen LogP contribution in [-0.4, -0.2) is 10.1 Å². The van der Waals surface area contributed by atoms with Crippen LogP contribution < -0.4 is 5.32 Å². The van der Waals surface area contributed by atoms with Crippen molar-refractivity contribution in [2.45, 2.75) is 19.5 Å². The van der Waals surface area contributed by atoms with Crippen LogP contribution in [0.5, 0.6) is 0 Å². The van der Waals surface area contributed by atoms with Crippen LogP contribution in [0, 0.1) is 6.92 Å². The van der Waals surface area contributed by atoms with Crippen LogP contribution in [-0.2, 0) is 6.54 Å². The lowest BCUT2D eigenvalue weighted by Gasteiger charge is -2.17. The number of rotatable bonds is 6. The van der Waals surface area contributed by atoms with Gasteiger partial charge in [0.15, 0.2) is 0 Å².